The van der Waals surface area contributed by atoms with Crippen LogP contribution in [0.15, 0.2) is 4.99 Å². The first-order valence-corrected chi connectivity index (χ1v) is 10.4. The summed E-state index contributed by atoms with van der Waals surface area (Å²) in [4.78, 5) is 15.5. The minimum atomic E-state index is -0.863. The minimum absolute atomic E-state index is 0.0480. The Kier molecular flexibility index (Phi) is 11.7. The van der Waals surface area contributed by atoms with Gasteiger partial charge in [-0.2, -0.15) is 0 Å². The summed E-state index contributed by atoms with van der Waals surface area (Å²) in [5, 5.41) is 18.7. The molecule has 5 nitrogen and oxygen atoms in total. The number of aliphatic hydroxyl groups is 1. The number of amidine groups is 1. The number of carboxylic acids is 1. The van der Waals surface area contributed by atoms with Gasteiger partial charge in [0.15, 0.2) is 13.3 Å². The molecule has 0 spiro atoms. The number of aliphatic hydroxyl groups excluding tert-OH is 1. The van der Waals surface area contributed by atoms with E-state index in [1.165, 1.54) is 70.6 Å². The normalized spacial score (nSPS) is 20.0. The molecule has 0 aromatic rings. The smallest absolute Gasteiger partial charge is 0.359 e. The van der Waals surface area contributed by atoms with E-state index in [1.807, 2.05) is 0 Å². The second-order valence-corrected chi connectivity index (χ2v) is 7.50. The molecule has 0 aromatic heterocycles. The predicted octanol–water partition coefficient (Wildman–Crippen LogP) is 4.34. The van der Waals surface area contributed by atoms with E-state index >= 15 is 0 Å². The molecule has 1 unspecified atom stereocenters. The molecule has 1 aliphatic heterocycles. The lowest BCUT2D eigenvalue weighted by atomic mass is 10.0. The highest BCUT2D eigenvalue weighted by Crippen LogP contribution is 2.19. The highest BCUT2D eigenvalue weighted by molar-refractivity contribution is 5.79. The number of carbonyl (C=O) groups is 1. The minimum Gasteiger partial charge on any atom is -0.477 e. The van der Waals surface area contributed by atoms with Crippen LogP contribution in [-0.4, -0.2) is 52.9 Å². The fraction of sp³-hybridized carbons (Fsp3) is 0.900. The van der Waals surface area contributed by atoms with Crippen molar-refractivity contribution in [1.82, 2.24) is 0 Å². The highest BCUT2D eigenvalue weighted by Gasteiger charge is 2.39. The Morgan fingerprint density at radius 2 is 1.48 bits per heavy atom. The number of rotatable bonds is 16. The van der Waals surface area contributed by atoms with Crippen LogP contribution in [-0.2, 0) is 4.79 Å². The zero-order chi connectivity index (χ0) is 18.4. The van der Waals surface area contributed by atoms with E-state index in [0.717, 1.165) is 18.7 Å². The van der Waals surface area contributed by atoms with Gasteiger partial charge in [0.25, 0.3) is 0 Å². The lowest BCUT2D eigenvalue weighted by Gasteiger charge is -2.30. The van der Waals surface area contributed by atoms with Gasteiger partial charge in [-0.3, -0.25) is 0 Å². The largest absolute Gasteiger partial charge is 0.477 e. The van der Waals surface area contributed by atoms with E-state index in [2.05, 4.69) is 11.9 Å². The number of aliphatic imine (C=N–C) groups is 1. The van der Waals surface area contributed by atoms with Crippen LogP contribution in [0, 0.1) is 0 Å². The van der Waals surface area contributed by atoms with Crippen LogP contribution < -0.4 is 0 Å². The fourth-order valence-corrected chi connectivity index (χ4v) is 3.72. The molecular formula is C20H39N2O3+. The van der Waals surface area contributed by atoms with Crippen LogP contribution in [0.1, 0.15) is 90.4 Å². The van der Waals surface area contributed by atoms with Crippen LogP contribution >= 0.6 is 0 Å². The van der Waals surface area contributed by atoms with E-state index in [4.69, 9.17) is 5.11 Å². The van der Waals surface area contributed by atoms with Gasteiger partial charge in [-0.25, -0.2) is 14.3 Å². The molecule has 0 amide bonds. The van der Waals surface area contributed by atoms with Crippen LogP contribution in [0.3, 0.4) is 0 Å². The SMILES string of the molecule is CCCCCCCCCCCCCCC1=NCC[N+]1(CO)CC(=O)O. The molecule has 0 saturated carbocycles. The average Bonchev–Trinajstić information content (AvgIpc) is 2.98. The first-order chi connectivity index (χ1) is 12.1. The summed E-state index contributed by atoms with van der Waals surface area (Å²) in [7, 11) is 0. The zero-order valence-electron chi connectivity index (χ0n) is 16.2. The average molecular weight is 356 g/mol. The Bertz CT molecular complexity index is 398. The van der Waals surface area contributed by atoms with E-state index < -0.39 is 5.97 Å². The number of hydrogen-bond donors (Lipinski definition) is 2. The van der Waals surface area contributed by atoms with Crippen molar-refractivity contribution in [2.45, 2.75) is 90.4 Å². The van der Waals surface area contributed by atoms with Gasteiger partial charge in [0, 0.05) is 6.42 Å². The van der Waals surface area contributed by atoms with Crippen LogP contribution in [0.25, 0.3) is 0 Å². The predicted molar refractivity (Wildman–Crippen MR) is 103 cm³/mol. The van der Waals surface area contributed by atoms with Crippen molar-refractivity contribution in [2.75, 3.05) is 26.4 Å². The van der Waals surface area contributed by atoms with E-state index in [9.17, 15) is 9.90 Å². The third kappa shape index (κ3) is 8.82. The molecule has 146 valence electrons. The number of hydrogen-bond acceptors (Lipinski definition) is 3. The topological polar surface area (TPSA) is 69.9 Å². The fourth-order valence-electron chi connectivity index (χ4n) is 3.72. The third-order valence-electron chi connectivity index (χ3n) is 5.33. The Balaban J connectivity index is 2.03. The summed E-state index contributed by atoms with van der Waals surface area (Å²) < 4.78 is 0.146. The standard InChI is InChI=1S/C20H38N2O3/c1-2-3-4-5-6-7-8-9-10-11-12-13-14-19-21-15-16-22(19,18-23)17-20(24)25/h23H,2-18H2,1H3/p+1. The molecule has 1 rings (SSSR count). The number of carboxylic acid groups (broad SMARTS) is 1. The maximum atomic E-state index is 11.1. The van der Waals surface area contributed by atoms with Crippen LogP contribution in [0.5, 0.6) is 0 Å². The molecule has 0 fully saturated rings. The summed E-state index contributed by atoms with van der Waals surface area (Å²) in [6.07, 6.45) is 16.6. The van der Waals surface area contributed by atoms with Gasteiger partial charge >= 0.3 is 5.97 Å². The molecule has 2 N–H and O–H groups in total. The molecule has 0 saturated heterocycles. The lowest BCUT2D eigenvalue weighted by Crippen LogP contribution is -2.54. The van der Waals surface area contributed by atoms with Gasteiger partial charge in [0.1, 0.15) is 6.54 Å². The molecule has 0 bridgehead atoms. The molecular weight excluding hydrogens is 316 g/mol. The van der Waals surface area contributed by atoms with Crippen molar-refractivity contribution < 1.29 is 19.5 Å². The number of unbranched alkanes of at least 4 members (excludes halogenated alkanes) is 11. The van der Waals surface area contributed by atoms with E-state index in [0.29, 0.717) is 13.1 Å². The maximum Gasteiger partial charge on any atom is 0.359 e. The van der Waals surface area contributed by atoms with Crippen molar-refractivity contribution in [1.29, 1.82) is 0 Å². The summed E-state index contributed by atoms with van der Waals surface area (Å²) in [5.41, 5.74) is 0. The monoisotopic (exact) mass is 355 g/mol. The van der Waals surface area contributed by atoms with Crippen molar-refractivity contribution in [3.8, 4) is 0 Å². The second-order valence-electron chi connectivity index (χ2n) is 7.50. The van der Waals surface area contributed by atoms with Gasteiger partial charge < -0.3 is 10.2 Å². The second kappa shape index (κ2) is 13.3. The Morgan fingerprint density at radius 1 is 0.960 bits per heavy atom. The van der Waals surface area contributed by atoms with Crippen molar-refractivity contribution >= 4 is 11.8 Å². The quantitative estimate of drug-likeness (QED) is 0.319. The molecule has 1 heterocycles. The van der Waals surface area contributed by atoms with Gasteiger partial charge in [0.2, 0.25) is 5.84 Å². The Morgan fingerprint density at radius 3 is 1.96 bits per heavy atom. The van der Waals surface area contributed by atoms with E-state index in [1.54, 1.807) is 0 Å². The number of nitrogens with zero attached hydrogens (tertiary/aromatic N) is 2. The summed E-state index contributed by atoms with van der Waals surface area (Å²) in [5.74, 6) is 0.0234. The van der Waals surface area contributed by atoms with Crippen molar-refractivity contribution in [3.05, 3.63) is 0 Å². The van der Waals surface area contributed by atoms with Gasteiger partial charge in [-0.05, 0) is 6.42 Å². The van der Waals surface area contributed by atoms with Crippen LogP contribution in [0.4, 0.5) is 0 Å². The number of quaternary nitrogens is 1. The molecule has 0 aliphatic carbocycles. The molecule has 5 heteroatoms. The van der Waals surface area contributed by atoms with Crippen LogP contribution in [0.2, 0.25) is 0 Å². The molecule has 1 atom stereocenters. The summed E-state index contributed by atoms with van der Waals surface area (Å²) >= 11 is 0. The van der Waals surface area contributed by atoms with Crippen molar-refractivity contribution in [3.63, 3.8) is 0 Å². The molecule has 0 aromatic carbocycles. The third-order valence-corrected chi connectivity index (χ3v) is 5.33. The van der Waals surface area contributed by atoms with Gasteiger partial charge in [-0.1, -0.05) is 77.6 Å². The molecule has 0 radical (unpaired) electrons. The van der Waals surface area contributed by atoms with Gasteiger partial charge in [0.05, 0.1) is 6.54 Å². The summed E-state index contributed by atoms with van der Waals surface area (Å²) in [6, 6.07) is 0. The summed E-state index contributed by atoms with van der Waals surface area (Å²) in [6.45, 7) is 3.32. The molecule has 25 heavy (non-hydrogen) atoms. The van der Waals surface area contributed by atoms with Gasteiger partial charge in [-0.15, -0.1) is 0 Å². The Labute approximate surface area is 153 Å². The maximum absolute atomic E-state index is 11.1. The van der Waals surface area contributed by atoms with Crippen molar-refractivity contribution in [2.24, 2.45) is 4.99 Å². The highest BCUT2D eigenvalue weighted by atomic mass is 16.4. The first-order valence-electron chi connectivity index (χ1n) is 10.4. The zero-order valence-corrected chi connectivity index (χ0v) is 16.2. The number of aliphatic carboxylic acids is 1. The first kappa shape index (κ1) is 22.1. The van der Waals surface area contributed by atoms with E-state index in [-0.39, 0.29) is 17.8 Å². The lowest BCUT2D eigenvalue weighted by molar-refractivity contribution is -0.849. The Hall–Kier alpha value is -0.940. The molecule has 1 aliphatic rings.